The van der Waals surface area contributed by atoms with Crippen molar-refractivity contribution < 1.29 is 4.42 Å². The minimum atomic E-state index is -0.409. The summed E-state index contributed by atoms with van der Waals surface area (Å²) in [7, 11) is 4.02. The normalized spacial score (nSPS) is 15.2. The Bertz CT molecular complexity index is 1810. The van der Waals surface area contributed by atoms with Crippen molar-refractivity contribution in [3.63, 3.8) is 0 Å². The van der Waals surface area contributed by atoms with Gasteiger partial charge in [0.15, 0.2) is 5.00 Å². The molecule has 0 radical (unpaired) electrons. The minimum Gasteiger partial charge on any atom is -0.422 e. The number of nitrogens with zero attached hydrogens (tertiary/aromatic N) is 6. The highest BCUT2D eigenvalue weighted by atomic mass is 35.5. The molecule has 8 nitrogen and oxygen atoms in total. The number of azo groups is 1. The SMILES string of the molecule is Cc1nc(N2N=C(c3cc4ccccc4oc3=O)CC2c2ccc(N(C)C)cc2)sc1N=Nc1ccc(Cl)cc1. The molecule has 5 aromatic rings. The predicted molar refractivity (Wildman–Crippen MR) is 162 cm³/mol. The Hall–Kier alpha value is -4.34. The number of aryl methyl sites for hydroxylation is 1. The maximum atomic E-state index is 13.0. The highest BCUT2D eigenvalue weighted by molar-refractivity contribution is 7.19. The summed E-state index contributed by atoms with van der Waals surface area (Å²) in [6.07, 6.45) is 0.519. The van der Waals surface area contributed by atoms with E-state index in [2.05, 4.69) is 39.4 Å². The zero-order chi connectivity index (χ0) is 27.8. The van der Waals surface area contributed by atoms with E-state index in [-0.39, 0.29) is 6.04 Å². The molecule has 2 aromatic heterocycles. The van der Waals surface area contributed by atoms with E-state index in [9.17, 15) is 4.79 Å². The van der Waals surface area contributed by atoms with Crippen molar-refractivity contribution in [2.24, 2.45) is 15.3 Å². The molecule has 0 saturated heterocycles. The summed E-state index contributed by atoms with van der Waals surface area (Å²) < 4.78 is 5.62. The van der Waals surface area contributed by atoms with Crippen LogP contribution in [0.4, 0.5) is 21.5 Å². The zero-order valence-electron chi connectivity index (χ0n) is 22.1. The number of hydrazone groups is 1. The molecule has 0 spiro atoms. The van der Waals surface area contributed by atoms with Crippen LogP contribution in [0.5, 0.6) is 0 Å². The molecule has 0 saturated carbocycles. The van der Waals surface area contributed by atoms with E-state index in [1.807, 2.05) is 62.4 Å². The molecule has 1 unspecified atom stereocenters. The smallest absolute Gasteiger partial charge is 0.345 e. The number of thiazole rings is 1. The van der Waals surface area contributed by atoms with Crippen LogP contribution in [0.25, 0.3) is 11.0 Å². The average molecular weight is 569 g/mol. The lowest BCUT2D eigenvalue weighted by Crippen LogP contribution is -2.18. The molecule has 0 bridgehead atoms. The van der Waals surface area contributed by atoms with E-state index in [1.165, 1.54) is 11.3 Å². The van der Waals surface area contributed by atoms with Crippen molar-refractivity contribution in [3.8, 4) is 0 Å². The maximum absolute atomic E-state index is 13.0. The van der Waals surface area contributed by atoms with Gasteiger partial charge in [-0.2, -0.15) is 5.10 Å². The number of aromatic nitrogens is 1. The Morgan fingerprint density at radius 1 is 1.02 bits per heavy atom. The van der Waals surface area contributed by atoms with Gasteiger partial charge in [0.1, 0.15) is 5.58 Å². The Morgan fingerprint density at radius 3 is 2.52 bits per heavy atom. The second-order valence-corrected chi connectivity index (χ2v) is 11.0. The third-order valence-electron chi connectivity index (χ3n) is 6.70. The van der Waals surface area contributed by atoms with Gasteiger partial charge in [0.05, 0.1) is 28.7 Å². The minimum absolute atomic E-state index is 0.163. The summed E-state index contributed by atoms with van der Waals surface area (Å²) in [5, 5.41) is 18.5. The van der Waals surface area contributed by atoms with Gasteiger partial charge in [-0.15, -0.1) is 10.2 Å². The highest BCUT2D eigenvalue weighted by Gasteiger charge is 2.33. The number of hydrogen-bond acceptors (Lipinski definition) is 9. The van der Waals surface area contributed by atoms with E-state index in [1.54, 1.807) is 18.2 Å². The Morgan fingerprint density at radius 2 is 1.77 bits per heavy atom. The summed E-state index contributed by atoms with van der Waals surface area (Å²) in [5.74, 6) is 0. The summed E-state index contributed by atoms with van der Waals surface area (Å²) in [6.45, 7) is 1.90. The fraction of sp³-hybridized carbons (Fsp3) is 0.167. The Balaban J connectivity index is 1.39. The first-order valence-electron chi connectivity index (χ1n) is 12.7. The second kappa shape index (κ2) is 10.7. The summed E-state index contributed by atoms with van der Waals surface area (Å²) in [6, 6.07) is 24.7. The average Bonchev–Trinajstić information content (AvgIpc) is 3.56. The van der Waals surface area contributed by atoms with Gasteiger partial charge < -0.3 is 9.32 Å². The lowest BCUT2D eigenvalue weighted by atomic mass is 9.98. The van der Waals surface area contributed by atoms with Gasteiger partial charge in [0.25, 0.3) is 0 Å². The summed E-state index contributed by atoms with van der Waals surface area (Å²) >= 11 is 7.39. The topological polar surface area (TPSA) is 86.7 Å². The Kier molecular flexibility index (Phi) is 6.91. The number of rotatable bonds is 6. The lowest BCUT2D eigenvalue weighted by Gasteiger charge is -2.22. The first-order chi connectivity index (χ1) is 19.4. The number of hydrogen-bond donors (Lipinski definition) is 0. The molecule has 6 rings (SSSR count). The molecule has 0 aliphatic carbocycles. The molecule has 3 heterocycles. The largest absolute Gasteiger partial charge is 0.422 e. The van der Waals surface area contributed by atoms with Crippen LogP contribution in [0.1, 0.15) is 29.3 Å². The predicted octanol–water partition coefficient (Wildman–Crippen LogP) is 8.05. The third kappa shape index (κ3) is 5.13. The lowest BCUT2D eigenvalue weighted by molar-refractivity contribution is 0.559. The van der Waals surface area contributed by atoms with Crippen molar-refractivity contribution >= 4 is 61.1 Å². The second-order valence-electron chi connectivity index (χ2n) is 9.65. The van der Waals surface area contributed by atoms with Gasteiger partial charge in [-0.25, -0.2) is 14.8 Å². The quantitative estimate of drug-likeness (QED) is 0.153. The fourth-order valence-electron chi connectivity index (χ4n) is 4.54. The van der Waals surface area contributed by atoms with Crippen LogP contribution in [-0.4, -0.2) is 24.8 Å². The van der Waals surface area contributed by atoms with Crippen LogP contribution in [0, 0.1) is 6.92 Å². The molecular weight excluding hydrogens is 544 g/mol. The van der Waals surface area contributed by atoms with Crippen molar-refractivity contribution in [2.75, 3.05) is 24.0 Å². The molecule has 40 heavy (non-hydrogen) atoms. The van der Waals surface area contributed by atoms with E-state index in [0.717, 1.165) is 22.3 Å². The van der Waals surface area contributed by atoms with Gasteiger partial charge in [-0.05, 0) is 61.0 Å². The number of fused-ring (bicyclic) bond motifs is 1. The molecule has 1 aliphatic rings. The molecular formula is C30H25ClN6O2S. The number of para-hydroxylation sites is 1. The van der Waals surface area contributed by atoms with E-state index < -0.39 is 5.63 Å². The maximum Gasteiger partial charge on any atom is 0.345 e. The van der Waals surface area contributed by atoms with Gasteiger partial charge in [0.2, 0.25) is 5.13 Å². The van der Waals surface area contributed by atoms with E-state index in [0.29, 0.717) is 44.1 Å². The van der Waals surface area contributed by atoms with Crippen molar-refractivity contribution in [1.82, 2.24) is 4.98 Å². The molecule has 3 aromatic carbocycles. The van der Waals surface area contributed by atoms with Crippen LogP contribution >= 0.6 is 22.9 Å². The van der Waals surface area contributed by atoms with Crippen molar-refractivity contribution in [2.45, 2.75) is 19.4 Å². The monoisotopic (exact) mass is 568 g/mol. The highest BCUT2D eigenvalue weighted by Crippen LogP contribution is 2.42. The van der Waals surface area contributed by atoms with Crippen LogP contribution in [-0.2, 0) is 0 Å². The molecule has 1 atom stereocenters. The fourth-order valence-corrected chi connectivity index (χ4v) is 5.56. The van der Waals surface area contributed by atoms with Crippen molar-refractivity contribution in [1.29, 1.82) is 0 Å². The first-order valence-corrected chi connectivity index (χ1v) is 13.9. The summed E-state index contributed by atoms with van der Waals surface area (Å²) in [4.78, 5) is 19.9. The number of anilines is 2. The molecule has 0 fully saturated rings. The van der Waals surface area contributed by atoms with Gasteiger partial charge in [0, 0.05) is 36.6 Å². The molecule has 0 N–H and O–H groups in total. The van der Waals surface area contributed by atoms with Gasteiger partial charge >= 0.3 is 5.63 Å². The van der Waals surface area contributed by atoms with Crippen LogP contribution in [0.15, 0.2) is 103 Å². The van der Waals surface area contributed by atoms with Gasteiger partial charge in [-0.1, -0.05) is 53.3 Å². The van der Waals surface area contributed by atoms with E-state index in [4.69, 9.17) is 26.1 Å². The molecule has 1 aliphatic heterocycles. The standard InChI is InChI=1S/C30H25ClN6O2S/c1-18-28(34-33-22-12-10-21(31)11-13-22)40-30(32-18)37-26(19-8-14-23(15-9-19)36(2)3)17-25(35-37)24-16-20-6-4-5-7-27(20)39-29(24)38/h4-16,26H,17H2,1-3H3. The van der Waals surface area contributed by atoms with Crippen LogP contribution in [0.3, 0.4) is 0 Å². The number of benzene rings is 3. The third-order valence-corrected chi connectivity index (χ3v) is 7.98. The number of halogens is 1. The molecule has 200 valence electrons. The zero-order valence-corrected chi connectivity index (χ0v) is 23.6. The van der Waals surface area contributed by atoms with E-state index >= 15 is 0 Å². The summed E-state index contributed by atoms with van der Waals surface area (Å²) in [5.41, 5.74) is 4.84. The molecule has 0 amide bonds. The Labute approximate surface area is 239 Å². The van der Waals surface area contributed by atoms with Crippen molar-refractivity contribution in [3.05, 3.63) is 111 Å². The molecule has 10 heteroatoms. The first kappa shape index (κ1) is 25.9. The van der Waals surface area contributed by atoms with Crippen LogP contribution in [0.2, 0.25) is 5.02 Å². The van der Waals surface area contributed by atoms with Gasteiger partial charge in [-0.3, -0.25) is 0 Å². The van der Waals surface area contributed by atoms with Crippen LogP contribution < -0.4 is 15.5 Å².